The third-order valence-corrected chi connectivity index (χ3v) is 5.70. The van der Waals surface area contributed by atoms with Crippen LogP contribution in [0.2, 0.25) is 5.02 Å². The lowest BCUT2D eigenvalue weighted by Crippen LogP contribution is -1.87. The van der Waals surface area contributed by atoms with Crippen molar-refractivity contribution in [2.75, 3.05) is 12.5 Å². The van der Waals surface area contributed by atoms with Gasteiger partial charge in [-0.3, -0.25) is 0 Å². The van der Waals surface area contributed by atoms with Crippen LogP contribution < -0.4 is 0 Å². The lowest BCUT2D eigenvalue weighted by molar-refractivity contribution is 1.42. The summed E-state index contributed by atoms with van der Waals surface area (Å²) in [4.78, 5) is 2.52. The minimum atomic E-state index is 0.789. The van der Waals surface area contributed by atoms with Crippen LogP contribution >= 0.6 is 35.1 Å². The Hall–Kier alpha value is -1.35. The summed E-state index contributed by atoms with van der Waals surface area (Å²) in [5.41, 5.74) is 4.73. The maximum atomic E-state index is 6.51. The molecule has 3 rings (SSSR count). The number of hydrogen-bond donors (Lipinski definition) is 0. The minimum absolute atomic E-state index is 0.789. The highest BCUT2D eigenvalue weighted by Gasteiger charge is 2.11. The van der Waals surface area contributed by atoms with Crippen LogP contribution in [0.4, 0.5) is 0 Å². The van der Waals surface area contributed by atoms with E-state index >= 15 is 0 Å². The van der Waals surface area contributed by atoms with Crippen molar-refractivity contribution in [3.05, 3.63) is 71.8 Å². The topological polar surface area (TPSA) is 0 Å². The fourth-order valence-corrected chi connectivity index (χ4v) is 4.10. The smallest absolute Gasteiger partial charge is 0.0485 e. The second-order valence-corrected chi connectivity index (χ2v) is 7.20. The number of rotatable bonds is 4. The second kappa shape index (κ2) is 7.48. The molecule has 0 N–H and O–H groups in total. The Morgan fingerprint density at radius 3 is 1.87 bits per heavy atom. The molecule has 3 heteroatoms. The van der Waals surface area contributed by atoms with Crippen molar-refractivity contribution in [3.8, 4) is 22.3 Å². The van der Waals surface area contributed by atoms with Crippen molar-refractivity contribution in [2.24, 2.45) is 0 Å². The molecule has 0 amide bonds. The summed E-state index contributed by atoms with van der Waals surface area (Å²) in [7, 11) is 0. The van der Waals surface area contributed by atoms with Crippen LogP contribution in [0, 0.1) is 0 Å². The fraction of sp³-hybridized carbons (Fsp3) is 0.100. The molecule has 0 atom stereocenters. The number of thioether (sulfide) groups is 2. The van der Waals surface area contributed by atoms with E-state index in [0.717, 1.165) is 10.6 Å². The van der Waals surface area contributed by atoms with Gasteiger partial charge in [0.15, 0.2) is 0 Å². The zero-order valence-corrected chi connectivity index (χ0v) is 15.4. The normalized spacial score (nSPS) is 10.7. The molecule has 0 bridgehead atoms. The van der Waals surface area contributed by atoms with E-state index in [-0.39, 0.29) is 0 Å². The lowest BCUT2D eigenvalue weighted by atomic mass is 9.99. The summed E-state index contributed by atoms with van der Waals surface area (Å²) in [5, 5.41) is 0.789. The van der Waals surface area contributed by atoms with Crippen LogP contribution in [0.3, 0.4) is 0 Å². The van der Waals surface area contributed by atoms with E-state index < -0.39 is 0 Å². The van der Waals surface area contributed by atoms with Crippen molar-refractivity contribution in [1.29, 1.82) is 0 Å². The number of halogens is 1. The second-order valence-electron chi connectivity index (χ2n) is 5.10. The van der Waals surface area contributed by atoms with Crippen LogP contribution in [0.5, 0.6) is 0 Å². The maximum Gasteiger partial charge on any atom is 0.0485 e. The predicted molar refractivity (Wildman–Crippen MR) is 106 cm³/mol. The van der Waals surface area contributed by atoms with Gasteiger partial charge in [0.05, 0.1) is 0 Å². The quantitative estimate of drug-likeness (QED) is 0.456. The van der Waals surface area contributed by atoms with Gasteiger partial charge in [-0.1, -0.05) is 54.1 Å². The third-order valence-electron chi connectivity index (χ3n) is 3.78. The molecule has 0 spiro atoms. The van der Waals surface area contributed by atoms with Crippen LogP contribution in [-0.4, -0.2) is 12.5 Å². The number of hydrogen-bond acceptors (Lipinski definition) is 2. The minimum Gasteiger partial charge on any atom is -0.129 e. The molecule has 0 nitrogen and oxygen atoms in total. The molecule has 116 valence electrons. The fourth-order valence-electron chi connectivity index (χ4n) is 2.65. The van der Waals surface area contributed by atoms with Crippen molar-refractivity contribution >= 4 is 35.1 Å². The van der Waals surface area contributed by atoms with Gasteiger partial charge in [-0.05, 0) is 53.5 Å². The van der Waals surface area contributed by atoms with Gasteiger partial charge in [0.25, 0.3) is 0 Å². The summed E-state index contributed by atoms with van der Waals surface area (Å²) < 4.78 is 0. The van der Waals surface area contributed by atoms with E-state index in [1.54, 1.807) is 23.5 Å². The molecular formula is C20H17ClS2. The molecule has 0 saturated heterocycles. The van der Waals surface area contributed by atoms with Crippen LogP contribution in [-0.2, 0) is 0 Å². The SMILES string of the molecule is CSc1ccccc1-c1ccc(Cl)c(-c2ccccc2SC)c1. The molecule has 0 aliphatic heterocycles. The average molecular weight is 357 g/mol. The summed E-state index contributed by atoms with van der Waals surface area (Å²) in [6.07, 6.45) is 4.21. The molecule has 0 radical (unpaired) electrons. The number of benzene rings is 3. The van der Waals surface area contributed by atoms with Crippen LogP contribution in [0.15, 0.2) is 76.5 Å². The van der Waals surface area contributed by atoms with Crippen molar-refractivity contribution in [3.63, 3.8) is 0 Å². The van der Waals surface area contributed by atoms with E-state index in [1.807, 2.05) is 6.07 Å². The van der Waals surface area contributed by atoms with Gasteiger partial charge in [0.1, 0.15) is 0 Å². The molecule has 3 aromatic carbocycles. The summed E-state index contributed by atoms with van der Waals surface area (Å²) in [5.74, 6) is 0. The molecule has 3 aromatic rings. The van der Waals surface area contributed by atoms with Crippen molar-refractivity contribution < 1.29 is 0 Å². The van der Waals surface area contributed by atoms with Gasteiger partial charge in [0.2, 0.25) is 0 Å². The monoisotopic (exact) mass is 356 g/mol. The van der Waals surface area contributed by atoms with Crippen molar-refractivity contribution in [1.82, 2.24) is 0 Å². The van der Waals surface area contributed by atoms with E-state index in [9.17, 15) is 0 Å². The van der Waals surface area contributed by atoms with Crippen LogP contribution in [0.1, 0.15) is 0 Å². The Balaban J connectivity index is 2.17. The molecule has 0 aromatic heterocycles. The summed E-state index contributed by atoms with van der Waals surface area (Å²) in [6, 6.07) is 23.2. The first-order valence-electron chi connectivity index (χ1n) is 7.31. The first-order chi connectivity index (χ1) is 11.2. The Kier molecular flexibility index (Phi) is 5.37. The Bertz CT molecular complexity index is 827. The average Bonchev–Trinajstić information content (AvgIpc) is 2.62. The molecule has 0 aliphatic rings. The first-order valence-corrected chi connectivity index (χ1v) is 10.1. The van der Waals surface area contributed by atoms with Gasteiger partial charge >= 0.3 is 0 Å². The molecular weight excluding hydrogens is 340 g/mol. The van der Waals surface area contributed by atoms with Gasteiger partial charge in [-0.2, -0.15) is 0 Å². The molecule has 0 unspecified atom stereocenters. The van der Waals surface area contributed by atoms with E-state index in [2.05, 4.69) is 73.2 Å². The highest BCUT2D eigenvalue weighted by atomic mass is 35.5. The predicted octanol–water partition coefficient (Wildman–Crippen LogP) is 7.12. The van der Waals surface area contributed by atoms with Gasteiger partial charge in [-0.15, -0.1) is 23.5 Å². The van der Waals surface area contributed by atoms with Crippen molar-refractivity contribution in [2.45, 2.75) is 9.79 Å². The van der Waals surface area contributed by atoms with Gasteiger partial charge < -0.3 is 0 Å². The van der Waals surface area contributed by atoms with E-state index in [1.165, 1.54) is 26.5 Å². The largest absolute Gasteiger partial charge is 0.129 e. The zero-order chi connectivity index (χ0) is 16.2. The Morgan fingerprint density at radius 1 is 0.652 bits per heavy atom. The lowest BCUT2D eigenvalue weighted by Gasteiger charge is -2.13. The third kappa shape index (κ3) is 3.45. The molecule has 0 aliphatic carbocycles. The van der Waals surface area contributed by atoms with Gasteiger partial charge in [0, 0.05) is 20.4 Å². The molecule has 0 fully saturated rings. The van der Waals surface area contributed by atoms with E-state index in [0.29, 0.717) is 0 Å². The first kappa shape index (κ1) is 16.5. The summed E-state index contributed by atoms with van der Waals surface area (Å²) >= 11 is 10.0. The Labute approximate surface area is 151 Å². The highest BCUT2D eigenvalue weighted by molar-refractivity contribution is 7.99. The zero-order valence-electron chi connectivity index (χ0n) is 13.0. The molecule has 23 heavy (non-hydrogen) atoms. The van der Waals surface area contributed by atoms with Gasteiger partial charge in [-0.25, -0.2) is 0 Å². The maximum absolute atomic E-state index is 6.51. The van der Waals surface area contributed by atoms with E-state index in [4.69, 9.17) is 11.6 Å². The van der Waals surface area contributed by atoms with Crippen LogP contribution in [0.25, 0.3) is 22.3 Å². The summed E-state index contributed by atoms with van der Waals surface area (Å²) in [6.45, 7) is 0. The molecule has 0 saturated carbocycles. The Morgan fingerprint density at radius 2 is 1.22 bits per heavy atom. The molecule has 0 heterocycles. The standard InChI is InChI=1S/C20H17ClS2/c1-22-19-9-5-3-7-15(19)14-11-12-18(21)17(13-14)16-8-4-6-10-20(16)23-2/h3-13H,1-2H3. The highest BCUT2D eigenvalue weighted by Crippen LogP contribution is 2.38.